The molecule has 0 fully saturated rings. The van der Waals surface area contributed by atoms with E-state index in [1.807, 2.05) is 0 Å². The maximum Gasteiger partial charge on any atom is 0.326 e. The van der Waals surface area contributed by atoms with E-state index in [2.05, 4.69) is 5.32 Å². The molecular weight excluding hydrogens is 265 g/mol. The van der Waals surface area contributed by atoms with E-state index in [-0.39, 0.29) is 11.4 Å². The monoisotopic (exact) mass is 275 g/mol. The van der Waals surface area contributed by atoms with Crippen LogP contribution >= 0.6 is 11.6 Å². The second-order valence-corrected chi connectivity index (χ2v) is 3.88. The average molecular weight is 276 g/mol. The number of carbonyl (C=O) groups is 2. The first kappa shape index (κ1) is 14.4. The van der Waals surface area contributed by atoms with Crippen LogP contribution in [0.4, 0.5) is 4.39 Å². The normalized spacial score (nSPS) is 11.9. The zero-order valence-electron chi connectivity index (χ0n) is 9.19. The zero-order valence-corrected chi connectivity index (χ0v) is 9.95. The van der Waals surface area contributed by atoms with Gasteiger partial charge in [0, 0.05) is 13.0 Å². The standard InChI is InChI=1S/C11H11ClFNO4/c12-6-2-1-3-7(13)9(6)10(16)14-8(4-5-15)11(17)18/h1-3,8,15H,4-5H2,(H,14,16)(H,17,18)/t8-/m0/s1. The lowest BCUT2D eigenvalue weighted by molar-refractivity contribution is -0.139. The molecule has 18 heavy (non-hydrogen) atoms. The van der Waals surface area contributed by atoms with Crippen LogP contribution in [0.15, 0.2) is 18.2 Å². The highest BCUT2D eigenvalue weighted by atomic mass is 35.5. The molecule has 1 atom stereocenters. The van der Waals surface area contributed by atoms with Gasteiger partial charge in [-0.15, -0.1) is 0 Å². The Balaban J connectivity index is 2.90. The minimum atomic E-state index is -1.31. The van der Waals surface area contributed by atoms with Crippen molar-refractivity contribution in [2.24, 2.45) is 0 Å². The number of carboxylic acids is 1. The molecule has 0 heterocycles. The lowest BCUT2D eigenvalue weighted by atomic mass is 10.1. The minimum absolute atomic E-state index is 0.111. The van der Waals surface area contributed by atoms with Gasteiger partial charge in [-0.25, -0.2) is 9.18 Å². The fraction of sp³-hybridized carbons (Fsp3) is 0.273. The van der Waals surface area contributed by atoms with Gasteiger partial charge < -0.3 is 15.5 Å². The molecule has 0 radical (unpaired) electrons. The van der Waals surface area contributed by atoms with Gasteiger partial charge in [-0.3, -0.25) is 4.79 Å². The Labute approximate surface area is 107 Å². The third kappa shape index (κ3) is 3.41. The van der Waals surface area contributed by atoms with Crippen LogP contribution in [0.5, 0.6) is 0 Å². The predicted molar refractivity (Wildman–Crippen MR) is 62.0 cm³/mol. The number of rotatable bonds is 5. The summed E-state index contributed by atoms with van der Waals surface area (Å²) in [4.78, 5) is 22.5. The van der Waals surface area contributed by atoms with Crippen molar-refractivity contribution in [3.63, 3.8) is 0 Å². The molecule has 0 bridgehead atoms. The summed E-state index contributed by atoms with van der Waals surface area (Å²) in [6.45, 7) is -0.414. The average Bonchev–Trinajstić information content (AvgIpc) is 2.28. The van der Waals surface area contributed by atoms with Crippen LogP contribution < -0.4 is 5.32 Å². The Hall–Kier alpha value is -1.66. The summed E-state index contributed by atoms with van der Waals surface area (Å²) in [7, 11) is 0. The van der Waals surface area contributed by atoms with Gasteiger partial charge in [-0.2, -0.15) is 0 Å². The number of benzene rings is 1. The Morgan fingerprint density at radius 2 is 2.11 bits per heavy atom. The van der Waals surface area contributed by atoms with Crippen molar-refractivity contribution in [1.29, 1.82) is 0 Å². The molecule has 98 valence electrons. The summed E-state index contributed by atoms with van der Waals surface area (Å²) >= 11 is 5.67. The Morgan fingerprint density at radius 1 is 1.44 bits per heavy atom. The summed E-state index contributed by atoms with van der Waals surface area (Å²) < 4.78 is 13.4. The fourth-order valence-corrected chi connectivity index (χ4v) is 1.58. The van der Waals surface area contributed by atoms with Gasteiger partial charge in [0.05, 0.1) is 10.6 Å². The van der Waals surface area contributed by atoms with E-state index in [1.54, 1.807) is 0 Å². The Bertz CT molecular complexity index is 446. The topological polar surface area (TPSA) is 86.6 Å². The van der Waals surface area contributed by atoms with Crippen molar-refractivity contribution in [2.45, 2.75) is 12.5 Å². The molecule has 1 amide bonds. The first-order chi connectivity index (χ1) is 8.47. The molecule has 0 aromatic heterocycles. The molecule has 1 rings (SSSR count). The van der Waals surface area contributed by atoms with Gasteiger partial charge in [-0.1, -0.05) is 17.7 Å². The van der Waals surface area contributed by atoms with E-state index in [4.69, 9.17) is 21.8 Å². The number of halogens is 2. The summed E-state index contributed by atoms with van der Waals surface area (Å²) in [5.74, 6) is -3.09. The maximum absolute atomic E-state index is 13.4. The van der Waals surface area contributed by atoms with Crippen LogP contribution in [0.25, 0.3) is 0 Å². The van der Waals surface area contributed by atoms with Gasteiger partial charge in [0.2, 0.25) is 0 Å². The van der Waals surface area contributed by atoms with Gasteiger partial charge in [-0.05, 0) is 12.1 Å². The molecule has 3 N–H and O–H groups in total. The second-order valence-electron chi connectivity index (χ2n) is 3.47. The number of aliphatic carboxylic acids is 1. The van der Waals surface area contributed by atoms with E-state index in [0.717, 1.165) is 6.07 Å². The predicted octanol–water partition coefficient (Wildman–Crippen LogP) is 1.04. The van der Waals surface area contributed by atoms with Crippen molar-refractivity contribution in [3.8, 4) is 0 Å². The second kappa shape index (κ2) is 6.32. The highest BCUT2D eigenvalue weighted by Gasteiger charge is 2.23. The van der Waals surface area contributed by atoms with E-state index in [9.17, 15) is 14.0 Å². The molecule has 0 aliphatic rings. The summed E-state index contributed by atoms with van der Waals surface area (Å²) in [6, 6.07) is 2.40. The molecule has 7 heteroatoms. The lowest BCUT2D eigenvalue weighted by Gasteiger charge is -2.14. The molecule has 0 saturated carbocycles. The van der Waals surface area contributed by atoms with Gasteiger partial charge in [0.25, 0.3) is 5.91 Å². The number of hydrogen-bond acceptors (Lipinski definition) is 3. The van der Waals surface area contributed by atoms with Gasteiger partial charge in [0.15, 0.2) is 0 Å². The van der Waals surface area contributed by atoms with Crippen molar-refractivity contribution < 1.29 is 24.2 Å². The van der Waals surface area contributed by atoms with Crippen LogP contribution in [0.3, 0.4) is 0 Å². The highest BCUT2D eigenvalue weighted by Crippen LogP contribution is 2.18. The largest absolute Gasteiger partial charge is 0.480 e. The number of carbonyl (C=O) groups excluding carboxylic acids is 1. The first-order valence-electron chi connectivity index (χ1n) is 5.06. The third-order valence-electron chi connectivity index (χ3n) is 2.21. The first-order valence-corrected chi connectivity index (χ1v) is 5.43. The Morgan fingerprint density at radius 3 is 2.61 bits per heavy atom. The molecule has 5 nitrogen and oxygen atoms in total. The SMILES string of the molecule is O=C(N[C@@H](CCO)C(=O)O)c1c(F)cccc1Cl. The maximum atomic E-state index is 13.4. The van der Waals surface area contributed by atoms with Crippen LogP contribution in [0.2, 0.25) is 5.02 Å². The molecule has 0 spiro atoms. The third-order valence-corrected chi connectivity index (χ3v) is 2.53. The number of carboxylic acid groups (broad SMARTS) is 1. The van der Waals surface area contributed by atoms with Crippen molar-refractivity contribution >= 4 is 23.5 Å². The molecule has 1 aromatic rings. The smallest absolute Gasteiger partial charge is 0.326 e. The van der Waals surface area contributed by atoms with Gasteiger partial charge >= 0.3 is 5.97 Å². The Kier molecular flexibility index (Phi) is 5.06. The number of aliphatic hydroxyl groups excluding tert-OH is 1. The van der Waals surface area contributed by atoms with Crippen molar-refractivity contribution in [2.75, 3.05) is 6.61 Å². The molecular formula is C11H11ClFNO4. The molecule has 0 unspecified atom stereocenters. The molecule has 0 aliphatic carbocycles. The fourth-order valence-electron chi connectivity index (χ4n) is 1.33. The summed E-state index contributed by atoms with van der Waals surface area (Å²) in [5, 5.41) is 19.4. The van der Waals surface area contributed by atoms with Crippen LogP contribution in [-0.4, -0.2) is 34.7 Å². The molecule has 1 aromatic carbocycles. The highest BCUT2D eigenvalue weighted by molar-refractivity contribution is 6.33. The van der Waals surface area contributed by atoms with E-state index >= 15 is 0 Å². The lowest BCUT2D eigenvalue weighted by Crippen LogP contribution is -2.41. The van der Waals surface area contributed by atoms with E-state index in [0.29, 0.717) is 0 Å². The number of hydrogen-bond donors (Lipinski definition) is 3. The number of nitrogens with one attached hydrogen (secondary N) is 1. The summed E-state index contributed by atoms with van der Waals surface area (Å²) in [5.41, 5.74) is -0.414. The van der Waals surface area contributed by atoms with Crippen LogP contribution in [0, 0.1) is 5.82 Å². The van der Waals surface area contributed by atoms with Crippen molar-refractivity contribution in [3.05, 3.63) is 34.6 Å². The van der Waals surface area contributed by atoms with Gasteiger partial charge in [0.1, 0.15) is 11.9 Å². The molecule has 0 aliphatic heterocycles. The minimum Gasteiger partial charge on any atom is -0.480 e. The zero-order chi connectivity index (χ0) is 13.7. The van der Waals surface area contributed by atoms with E-state index in [1.165, 1.54) is 12.1 Å². The van der Waals surface area contributed by atoms with Crippen molar-refractivity contribution in [1.82, 2.24) is 5.32 Å². The van der Waals surface area contributed by atoms with Crippen LogP contribution in [-0.2, 0) is 4.79 Å². The van der Waals surface area contributed by atoms with Crippen LogP contribution in [0.1, 0.15) is 16.8 Å². The molecule has 0 saturated heterocycles. The van der Waals surface area contributed by atoms with E-state index < -0.39 is 35.9 Å². The summed E-state index contributed by atoms with van der Waals surface area (Å²) in [6.07, 6.45) is -0.173. The number of aliphatic hydroxyl groups is 1. The number of amides is 1. The quantitative estimate of drug-likeness (QED) is 0.749.